The van der Waals surface area contributed by atoms with Gasteiger partial charge in [-0.1, -0.05) is 5.22 Å². The minimum atomic E-state index is -0.282. The molecule has 28 heavy (non-hydrogen) atoms. The van der Waals surface area contributed by atoms with Crippen LogP contribution in [-0.4, -0.2) is 30.7 Å². The highest BCUT2D eigenvalue weighted by Gasteiger charge is 2.23. The fraction of sp³-hybridized carbons (Fsp3) is 0.167. The highest BCUT2D eigenvalue weighted by atomic mass is 19.1. The van der Waals surface area contributed by atoms with Gasteiger partial charge in [-0.15, -0.1) is 5.11 Å². The van der Waals surface area contributed by atoms with Gasteiger partial charge in [0.25, 0.3) is 0 Å². The third-order valence-electron chi connectivity index (χ3n) is 4.67. The van der Waals surface area contributed by atoms with Crippen LogP contribution in [0.2, 0.25) is 0 Å². The lowest BCUT2D eigenvalue weighted by Crippen LogP contribution is -2.28. The van der Waals surface area contributed by atoms with Crippen molar-refractivity contribution in [1.82, 2.24) is 29.5 Å². The topological polar surface area (TPSA) is 111 Å². The average molecular weight is 377 g/mol. The van der Waals surface area contributed by atoms with E-state index in [1.807, 2.05) is 12.1 Å². The molecule has 0 spiro atoms. The van der Waals surface area contributed by atoms with Crippen molar-refractivity contribution in [3.63, 3.8) is 0 Å². The first-order valence-electron chi connectivity index (χ1n) is 8.77. The normalized spacial score (nSPS) is 14.0. The molecule has 0 amide bonds. The Labute approximate surface area is 158 Å². The number of hydrogen-bond acceptors (Lipinski definition) is 6. The first-order valence-corrected chi connectivity index (χ1v) is 8.77. The third-order valence-corrected chi connectivity index (χ3v) is 4.67. The number of aromatic nitrogens is 5. The summed E-state index contributed by atoms with van der Waals surface area (Å²) in [6.45, 7) is 2.28. The third kappa shape index (κ3) is 2.70. The molecule has 1 aliphatic heterocycles. The summed E-state index contributed by atoms with van der Waals surface area (Å²) in [4.78, 5) is 9.09. The average Bonchev–Trinajstić information content (AvgIpc) is 3.29. The standard InChI is InChI=1S/C18H16FN9/c19-12-3-1-11(2-4-12)17-18(27-8-7-21-9-16(27)23-17)13-5-6-15-22-14(24-26-20)10-28(15)25-13/h1-6,10,21H,7-9H2,(H2,20,24). The van der Waals surface area contributed by atoms with Crippen molar-refractivity contribution < 1.29 is 4.39 Å². The maximum atomic E-state index is 13.4. The number of nitrogens with one attached hydrogen (secondary N) is 1. The van der Waals surface area contributed by atoms with E-state index in [9.17, 15) is 4.39 Å². The van der Waals surface area contributed by atoms with E-state index in [0.29, 0.717) is 18.0 Å². The van der Waals surface area contributed by atoms with Crippen molar-refractivity contribution >= 4 is 11.5 Å². The molecule has 10 heteroatoms. The lowest BCUT2D eigenvalue weighted by molar-refractivity contribution is 0.508. The molecule has 1 aromatic carbocycles. The van der Waals surface area contributed by atoms with Crippen molar-refractivity contribution in [2.45, 2.75) is 13.1 Å². The highest BCUT2D eigenvalue weighted by Crippen LogP contribution is 2.33. The molecule has 4 heterocycles. The van der Waals surface area contributed by atoms with Crippen LogP contribution in [0, 0.1) is 5.82 Å². The molecule has 3 N–H and O–H groups in total. The Hall–Kier alpha value is -3.66. The van der Waals surface area contributed by atoms with Crippen molar-refractivity contribution in [3.05, 3.63) is 54.2 Å². The van der Waals surface area contributed by atoms with Crippen molar-refractivity contribution in [1.29, 1.82) is 0 Å². The van der Waals surface area contributed by atoms with E-state index in [4.69, 9.17) is 10.8 Å². The van der Waals surface area contributed by atoms with Gasteiger partial charge in [0.05, 0.1) is 24.1 Å². The number of fused-ring (bicyclic) bond motifs is 2. The van der Waals surface area contributed by atoms with Gasteiger partial charge in [0.2, 0.25) is 0 Å². The zero-order chi connectivity index (χ0) is 19.1. The van der Waals surface area contributed by atoms with Gasteiger partial charge in [-0.3, -0.25) is 0 Å². The number of benzene rings is 1. The number of imidazole rings is 2. The molecule has 1 aliphatic rings. The second-order valence-corrected chi connectivity index (χ2v) is 6.40. The molecule has 9 nitrogen and oxygen atoms in total. The van der Waals surface area contributed by atoms with Crippen LogP contribution < -0.4 is 11.2 Å². The fourth-order valence-corrected chi connectivity index (χ4v) is 3.44. The predicted octanol–water partition coefficient (Wildman–Crippen LogP) is 2.46. The molecule has 0 saturated heterocycles. The summed E-state index contributed by atoms with van der Waals surface area (Å²) >= 11 is 0. The van der Waals surface area contributed by atoms with Crippen LogP contribution >= 0.6 is 0 Å². The van der Waals surface area contributed by atoms with Crippen LogP contribution in [-0.2, 0) is 13.1 Å². The quantitative estimate of drug-likeness (QED) is 0.324. The van der Waals surface area contributed by atoms with E-state index in [-0.39, 0.29) is 5.82 Å². The van der Waals surface area contributed by atoms with Gasteiger partial charge in [-0.2, -0.15) is 5.10 Å². The summed E-state index contributed by atoms with van der Waals surface area (Å²) < 4.78 is 17.2. The van der Waals surface area contributed by atoms with Gasteiger partial charge in [-0.05, 0) is 36.4 Å². The van der Waals surface area contributed by atoms with Gasteiger partial charge in [0, 0.05) is 18.7 Å². The maximum Gasteiger partial charge on any atom is 0.196 e. The number of nitrogens with zero attached hydrogens (tertiary/aromatic N) is 7. The Kier molecular flexibility index (Phi) is 3.83. The number of hydrogen-bond donors (Lipinski definition) is 2. The second-order valence-electron chi connectivity index (χ2n) is 6.40. The first-order chi connectivity index (χ1) is 13.7. The SMILES string of the molecule is NN=Nc1cn2nc(-c3c(-c4ccc(F)cc4)nc4n3CCNC4)ccc2n1. The van der Waals surface area contributed by atoms with Gasteiger partial charge >= 0.3 is 0 Å². The summed E-state index contributed by atoms with van der Waals surface area (Å²) in [5, 5.41) is 15.0. The van der Waals surface area contributed by atoms with Gasteiger partial charge in [-0.25, -0.2) is 18.9 Å². The zero-order valence-electron chi connectivity index (χ0n) is 14.7. The summed E-state index contributed by atoms with van der Waals surface area (Å²) in [6, 6.07) is 10.1. The predicted molar refractivity (Wildman–Crippen MR) is 100 cm³/mol. The Morgan fingerprint density at radius 2 is 1.96 bits per heavy atom. The zero-order valence-corrected chi connectivity index (χ0v) is 14.7. The van der Waals surface area contributed by atoms with Crippen LogP contribution in [0.4, 0.5) is 10.2 Å². The molecule has 0 bridgehead atoms. The Balaban J connectivity index is 1.71. The van der Waals surface area contributed by atoms with Gasteiger partial charge in [0.1, 0.15) is 17.3 Å². The van der Waals surface area contributed by atoms with Crippen LogP contribution in [0.1, 0.15) is 5.82 Å². The van der Waals surface area contributed by atoms with Crippen LogP contribution in [0.3, 0.4) is 0 Å². The van der Waals surface area contributed by atoms with E-state index >= 15 is 0 Å². The van der Waals surface area contributed by atoms with Crippen molar-refractivity contribution in [2.75, 3.05) is 6.54 Å². The molecule has 140 valence electrons. The van der Waals surface area contributed by atoms with Crippen molar-refractivity contribution in [2.24, 2.45) is 16.2 Å². The molecule has 0 saturated carbocycles. The van der Waals surface area contributed by atoms with E-state index in [1.54, 1.807) is 22.8 Å². The number of nitrogens with two attached hydrogens (primary N) is 1. The molecule has 3 aromatic heterocycles. The van der Waals surface area contributed by atoms with E-state index < -0.39 is 0 Å². The summed E-state index contributed by atoms with van der Waals surface area (Å²) in [5.41, 5.74) is 3.87. The van der Waals surface area contributed by atoms with E-state index in [1.165, 1.54) is 12.1 Å². The van der Waals surface area contributed by atoms with Crippen molar-refractivity contribution in [3.8, 4) is 22.6 Å². The summed E-state index contributed by atoms with van der Waals surface area (Å²) in [7, 11) is 0. The largest absolute Gasteiger partial charge is 0.324 e. The monoisotopic (exact) mass is 377 g/mol. The molecule has 0 unspecified atom stereocenters. The minimum Gasteiger partial charge on any atom is -0.324 e. The molecule has 5 rings (SSSR count). The molecule has 0 radical (unpaired) electrons. The molecule has 4 aromatic rings. The first kappa shape index (κ1) is 16.5. The van der Waals surface area contributed by atoms with Crippen LogP contribution in [0.5, 0.6) is 0 Å². The highest BCUT2D eigenvalue weighted by molar-refractivity contribution is 5.77. The van der Waals surface area contributed by atoms with Crippen LogP contribution in [0.15, 0.2) is 52.9 Å². The Bertz CT molecular complexity index is 1190. The van der Waals surface area contributed by atoms with E-state index in [0.717, 1.165) is 41.6 Å². The molecule has 0 atom stereocenters. The summed E-state index contributed by atoms with van der Waals surface area (Å²) in [6.07, 6.45) is 1.65. The lowest BCUT2D eigenvalue weighted by atomic mass is 10.1. The maximum absolute atomic E-state index is 13.4. The second kappa shape index (κ2) is 6.50. The molecule has 0 aliphatic carbocycles. The number of rotatable bonds is 3. The van der Waals surface area contributed by atoms with Gasteiger partial charge in [0.15, 0.2) is 11.5 Å². The molecule has 0 fully saturated rings. The Morgan fingerprint density at radius 3 is 2.79 bits per heavy atom. The fourth-order valence-electron chi connectivity index (χ4n) is 3.44. The molecular formula is C18H16FN9. The minimum absolute atomic E-state index is 0.282. The smallest absolute Gasteiger partial charge is 0.196 e. The number of halogens is 1. The van der Waals surface area contributed by atoms with E-state index in [2.05, 4.69) is 30.3 Å². The lowest BCUT2D eigenvalue weighted by Gasteiger charge is -2.17. The summed E-state index contributed by atoms with van der Waals surface area (Å²) in [5.74, 6) is 6.13. The molecular weight excluding hydrogens is 361 g/mol. The van der Waals surface area contributed by atoms with Gasteiger partial charge < -0.3 is 15.7 Å². The van der Waals surface area contributed by atoms with Crippen LogP contribution in [0.25, 0.3) is 28.3 Å². The Morgan fingerprint density at radius 1 is 1.11 bits per heavy atom.